The van der Waals surface area contributed by atoms with E-state index in [0.29, 0.717) is 30.5 Å². The van der Waals surface area contributed by atoms with Crippen LogP contribution in [-0.4, -0.2) is 37.2 Å². The van der Waals surface area contributed by atoms with Crippen LogP contribution in [0.1, 0.15) is 15.9 Å². The highest BCUT2D eigenvalue weighted by Crippen LogP contribution is 2.32. The summed E-state index contributed by atoms with van der Waals surface area (Å²) in [5, 5.41) is 2.69. The van der Waals surface area contributed by atoms with E-state index < -0.39 is 5.97 Å². The summed E-state index contributed by atoms with van der Waals surface area (Å²) in [6.45, 7) is 3.78. The molecule has 1 heterocycles. The quantitative estimate of drug-likeness (QED) is 0.433. The highest BCUT2D eigenvalue weighted by Gasteiger charge is 2.20. The maximum absolute atomic E-state index is 12.8. The Morgan fingerprint density at radius 2 is 1.79 bits per heavy atom. The zero-order valence-corrected chi connectivity index (χ0v) is 16.7. The van der Waals surface area contributed by atoms with E-state index in [2.05, 4.69) is 17.0 Å². The fourth-order valence-corrected chi connectivity index (χ4v) is 3.75. The van der Waals surface area contributed by atoms with Crippen molar-refractivity contribution in [2.24, 2.45) is 0 Å². The molecule has 0 amide bonds. The van der Waals surface area contributed by atoms with Gasteiger partial charge in [-0.1, -0.05) is 59.6 Å². The predicted octanol–water partition coefficient (Wildman–Crippen LogP) is 5.20. The second kappa shape index (κ2) is 8.50. The van der Waals surface area contributed by atoms with Crippen molar-refractivity contribution in [3.8, 4) is 5.75 Å². The number of ether oxygens (including phenoxy) is 2. The number of nitrogens with zero attached hydrogens (tertiary/aromatic N) is 1. The molecule has 0 aliphatic carbocycles. The molecule has 4 nitrogen and oxygen atoms in total. The van der Waals surface area contributed by atoms with Crippen molar-refractivity contribution < 1.29 is 14.3 Å². The first-order valence-corrected chi connectivity index (χ1v) is 9.86. The normalized spacial score (nSPS) is 14.9. The molecular formula is C22H19Cl2NO3. The van der Waals surface area contributed by atoms with E-state index in [1.54, 1.807) is 18.2 Å². The van der Waals surface area contributed by atoms with Gasteiger partial charge in [-0.3, -0.25) is 4.90 Å². The first kappa shape index (κ1) is 19.2. The zero-order chi connectivity index (χ0) is 19.5. The molecule has 0 N–H and O–H groups in total. The Morgan fingerprint density at radius 1 is 1.00 bits per heavy atom. The lowest BCUT2D eigenvalue weighted by atomic mass is 10.0. The van der Waals surface area contributed by atoms with Gasteiger partial charge < -0.3 is 9.47 Å². The molecule has 3 aromatic carbocycles. The van der Waals surface area contributed by atoms with Crippen molar-refractivity contribution in [3.63, 3.8) is 0 Å². The van der Waals surface area contributed by atoms with Crippen LogP contribution >= 0.6 is 23.2 Å². The molecule has 0 saturated carbocycles. The Morgan fingerprint density at radius 3 is 2.61 bits per heavy atom. The van der Waals surface area contributed by atoms with E-state index in [9.17, 15) is 4.79 Å². The minimum Gasteiger partial charge on any atom is -0.423 e. The van der Waals surface area contributed by atoms with E-state index in [1.165, 1.54) is 0 Å². The highest BCUT2D eigenvalue weighted by atomic mass is 35.5. The SMILES string of the molecule is O=C(Oc1ccc2ccccc2c1CN1CCOCC1)c1cccc(Cl)c1Cl. The minimum absolute atomic E-state index is 0.199. The molecule has 4 rings (SSSR count). The molecule has 3 aromatic rings. The molecule has 1 aliphatic heterocycles. The van der Waals surface area contributed by atoms with Gasteiger partial charge in [-0.05, 0) is 29.0 Å². The topological polar surface area (TPSA) is 38.8 Å². The average molecular weight is 416 g/mol. The predicted molar refractivity (Wildman–Crippen MR) is 111 cm³/mol. The van der Waals surface area contributed by atoms with Crippen molar-refractivity contribution >= 4 is 39.9 Å². The number of carbonyl (C=O) groups excluding carboxylic acids is 1. The van der Waals surface area contributed by atoms with Gasteiger partial charge in [-0.25, -0.2) is 4.79 Å². The summed E-state index contributed by atoms with van der Waals surface area (Å²) < 4.78 is 11.2. The van der Waals surface area contributed by atoms with Crippen molar-refractivity contribution in [3.05, 3.63) is 75.8 Å². The molecule has 0 unspecified atom stereocenters. The van der Waals surface area contributed by atoms with Gasteiger partial charge in [0.05, 0.1) is 28.8 Å². The number of benzene rings is 3. The van der Waals surface area contributed by atoms with Gasteiger partial charge in [-0.15, -0.1) is 0 Å². The van der Waals surface area contributed by atoms with Crippen LogP contribution < -0.4 is 4.74 Å². The molecule has 1 aliphatic rings. The number of morpholine rings is 1. The second-order valence-corrected chi connectivity index (χ2v) is 7.43. The van der Waals surface area contributed by atoms with E-state index in [1.807, 2.05) is 24.3 Å². The molecule has 0 bridgehead atoms. The summed E-state index contributed by atoms with van der Waals surface area (Å²) in [5.74, 6) is 0.0113. The van der Waals surface area contributed by atoms with Gasteiger partial charge in [0.15, 0.2) is 0 Å². The number of rotatable bonds is 4. The lowest BCUT2D eigenvalue weighted by Gasteiger charge is -2.27. The van der Waals surface area contributed by atoms with E-state index in [-0.39, 0.29) is 10.6 Å². The van der Waals surface area contributed by atoms with Crippen LogP contribution in [-0.2, 0) is 11.3 Å². The van der Waals surface area contributed by atoms with Gasteiger partial charge >= 0.3 is 5.97 Å². The van der Waals surface area contributed by atoms with E-state index >= 15 is 0 Å². The molecule has 1 saturated heterocycles. The molecule has 6 heteroatoms. The molecule has 0 radical (unpaired) electrons. The van der Waals surface area contributed by atoms with Crippen LogP contribution in [0.2, 0.25) is 10.0 Å². The van der Waals surface area contributed by atoms with Crippen molar-refractivity contribution in [2.75, 3.05) is 26.3 Å². The van der Waals surface area contributed by atoms with Gasteiger partial charge in [0.2, 0.25) is 0 Å². The molecule has 144 valence electrons. The third kappa shape index (κ3) is 4.01. The Balaban J connectivity index is 1.70. The highest BCUT2D eigenvalue weighted by molar-refractivity contribution is 6.43. The number of esters is 1. The second-order valence-electron chi connectivity index (χ2n) is 6.64. The number of hydrogen-bond donors (Lipinski definition) is 0. The van der Waals surface area contributed by atoms with Gasteiger partial charge in [-0.2, -0.15) is 0 Å². The third-order valence-corrected chi connectivity index (χ3v) is 5.68. The first-order chi connectivity index (χ1) is 13.6. The van der Waals surface area contributed by atoms with Crippen molar-refractivity contribution in [1.82, 2.24) is 4.90 Å². The van der Waals surface area contributed by atoms with Gasteiger partial charge in [0.25, 0.3) is 0 Å². The summed E-state index contributed by atoms with van der Waals surface area (Å²) in [7, 11) is 0. The lowest BCUT2D eigenvalue weighted by Crippen LogP contribution is -2.35. The maximum Gasteiger partial charge on any atom is 0.345 e. The fraction of sp³-hybridized carbons (Fsp3) is 0.227. The van der Waals surface area contributed by atoms with Crippen LogP contribution in [0.15, 0.2) is 54.6 Å². The summed E-state index contributed by atoms with van der Waals surface area (Å²) in [4.78, 5) is 15.1. The molecule has 0 spiro atoms. The molecule has 0 aromatic heterocycles. The maximum atomic E-state index is 12.8. The summed E-state index contributed by atoms with van der Waals surface area (Å²) in [6.07, 6.45) is 0. The number of fused-ring (bicyclic) bond motifs is 1. The Bertz CT molecular complexity index is 1020. The lowest BCUT2D eigenvalue weighted by molar-refractivity contribution is 0.0339. The van der Waals surface area contributed by atoms with Crippen LogP contribution in [0, 0.1) is 0 Å². The zero-order valence-electron chi connectivity index (χ0n) is 15.2. The third-order valence-electron chi connectivity index (χ3n) is 4.86. The van der Waals surface area contributed by atoms with Crippen LogP contribution in [0.25, 0.3) is 10.8 Å². The summed E-state index contributed by atoms with van der Waals surface area (Å²) >= 11 is 12.2. The number of carbonyl (C=O) groups is 1. The van der Waals surface area contributed by atoms with E-state index in [4.69, 9.17) is 32.7 Å². The number of hydrogen-bond acceptors (Lipinski definition) is 4. The molecule has 1 fully saturated rings. The Hall–Kier alpha value is -2.11. The smallest absolute Gasteiger partial charge is 0.345 e. The van der Waals surface area contributed by atoms with Crippen LogP contribution in [0.5, 0.6) is 5.75 Å². The van der Waals surface area contributed by atoms with Crippen molar-refractivity contribution in [2.45, 2.75) is 6.54 Å². The Labute approximate surface area is 173 Å². The van der Waals surface area contributed by atoms with E-state index in [0.717, 1.165) is 29.4 Å². The van der Waals surface area contributed by atoms with Crippen LogP contribution in [0.4, 0.5) is 0 Å². The first-order valence-electron chi connectivity index (χ1n) is 9.10. The average Bonchev–Trinajstić information content (AvgIpc) is 2.72. The molecule has 0 atom stereocenters. The van der Waals surface area contributed by atoms with Crippen LogP contribution in [0.3, 0.4) is 0 Å². The monoisotopic (exact) mass is 415 g/mol. The largest absolute Gasteiger partial charge is 0.423 e. The van der Waals surface area contributed by atoms with Gasteiger partial charge in [0, 0.05) is 25.2 Å². The molecular weight excluding hydrogens is 397 g/mol. The standard InChI is InChI=1S/C22H19Cl2NO3/c23-19-7-3-6-17(21(19)24)22(26)28-20-9-8-15-4-1-2-5-16(15)18(20)14-25-10-12-27-13-11-25/h1-9H,10-14H2. The van der Waals surface area contributed by atoms with Crippen molar-refractivity contribution in [1.29, 1.82) is 0 Å². The minimum atomic E-state index is -0.522. The number of halogens is 2. The fourth-order valence-electron chi connectivity index (χ4n) is 3.37. The summed E-state index contributed by atoms with van der Waals surface area (Å²) in [6, 6.07) is 16.8. The summed E-state index contributed by atoms with van der Waals surface area (Å²) in [5.41, 5.74) is 1.23. The van der Waals surface area contributed by atoms with Gasteiger partial charge in [0.1, 0.15) is 5.75 Å². The Kier molecular flexibility index (Phi) is 5.83. The molecule has 28 heavy (non-hydrogen) atoms.